The van der Waals surface area contributed by atoms with Crippen LogP contribution in [0.4, 0.5) is 5.13 Å². The normalized spacial score (nSPS) is 21.2. The van der Waals surface area contributed by atoms with Crippen LogP contribution in [-0.4, -0.2) is 16.1 Å². The van der Waals surface area contributed by atoms with Crippen LogP contribution in [0.2, 0.25) is 10.0 Å². The third kappa shape index (κ3) is 2.73. The molecule has 3 rings (SSSR count). The van der Waals surface area contributed by atoms with Crippen LogP contribution in [0.15, 0.2) is 23.7 Å². The molecule has 2 aromatic rings. The van der Waals surface area contributed by atoms with E-state index in [0.717, 1.165) is 12.0 Å². The van der Waals surface area contributed by atoms with Crippen molar-refractivity contribution < 1.29 is 4.79 Å². The van der Waals surface area contributed by atoms with Crippen LogP contribution in [0.1, 0.15) is 17.9 Å². The summed E-state index contributed by atoms with van der Waals surface area (Å²) in [6.45, 7) is 0. The number of halogens is 2. The second kappa shape index (κ2) is 5.07. The predicted octanol–water partition coefficient (Wildman–Crippen LogP) is 3.59. The minimum atomic E-state index is -0.0267. The summed E-state index contributed by atoms with van der Waals surface area (Å²) in [5.41, 5.74) is 2.63. The molecule has 1 aromatic carbocycles. The first-order valence-corrected chi connectivity index (χ1v) is 7.30. The molecular formula is C12H9Cl2N3OS. The highest BCUT2D eigenvalue weighted by molar-refractivity contribution is 7.13. The molecule has 0 aliphatic heterocycles. The molecule has 7 heteroatoms. The SMILES string of the molecule is O=C(Nc1nncs1)C1CC1c1ccc(Cl)c(Cl)c1. The van der Waals surface area contributed by atoms with Crippen LogP contribution in [0.5, 0.6) is 0 Å². The fourth-order valence-corrected chi connectivity index (χ4v) is 2.78. The molecule has 1 aliphatic carbocycles. The van der Waals surface area contributed by atoms with Crippen LogP contribution in [0, 0.1) is 5.92 Å². The zero-order valence-corrected chi connectivity index (χ0v) is 12.0. The number of benzene rings is 1. The van der Waals surface area contributed by atoms with Crippen molar-refractivity contribution in [3.8, 4) is 0 Å². The summed E-state index contributed by atoms with van der Waals surface area (Å²) in [5.74, 6) is 0.164. The van der Waals surface area contributed by atoms with Crippen molar-refractivity contribution in [3.63, 3.8) is 0 Å². The molecule has 1 fully saturated rings. The van der Waals surface area contributed by atoms with Gasteiger partial charge in [0.25, 0.3) is 0 Å². The van der Waals surface area contributed by atoms with Crippen molar-refractivity contribution >= 4 is 45.6 Å². The Morgan fingerprint density at radius 3 is 2.89 bits per heavy atom. The molecule has 0 bridgehead atoms. The van der Waals surface area contributed by atoms with E-state index in [1.165, 1.54) is 11.3 Å². The molecule has 1 saturated carbocycles. The lowest BCUT2D eigenvalue weighted by Crippen LogP contribution is -2.14. The molecule has 1 aliphatic rings. The van der Waals surface area contributed by atoms with Crippen molar-refractivity contribution in [2.24, 2.45) is 5.92 Å². The van der Waals surface area contributed by atoms with Crippen LogP contribution >= 0.6 is 34.5 Å². The Balaban J connectivity index is 1.67. The van der Waals surface area contributed by atoms with Gasteiger partial charge in [-0.2, -0.15) is 0 Å². The largest absolute Gasteiger partial charge is 0.300 e. The highest BCUT2D eigenvalue weighted by Gasteiger charge is 2.44. The summed E-state index contributed by atoms with van der Waals surface area (Å²) in [7, 11) is 0. The van der Waals surface area contributed by atoms with Gasteiger partial charge in [0.2, 0.25) is 11.0 Å². The average Bonchev–Trinajstić information content (AvgIpc) is 3.04. The van der Waals surface area contributed by atoms with Crippen molar-refractivity contribution in [2.75, 3.05) is 5.32 Å². The van der Waals surface area contributed by atoms with E-state index in [1.807, 2.05) is 12.1 Å². The minimum absolute atomic E-state index is 0.0205. The van der Waals surface area contributed by atoms with Gasteiger partial charge in [-0.25, -0.2) is 0 Å². The maximum atomic E-state index is 12.0. The highest BCUT2D eigenvalue weighted by atomic mass is 35.5. The number of carbonyl (C=O) groups excluding carboxylic acids is 1. The Hall–Kier alpha value is -1.17. The van der Waals surface area contributed by atoms with E-state index in [9.17, 15) is 4.79 Å². The van der Waals surface area contributed by atoms with Crippen LogP contribution in [-0.2, 0) is 4.79 Å². The first-order chi connectivity index (χ1) is 9.15. The van der Waals surface area contributed by atoms with E-state index >= 15 is 0 Å². The number of nitrogens with zero attached hydrogens (tertiary/aromatic N) is 2. The number of anilines is 1. The first-order valence-electron chi connectivity index (χ1n) is 5.67. The smallest absolute Gasteiger partial charge is 0.229 e. The molecule has 4 nitrogen and oxygen atoms in total. The molecule has 0 spiro atoms. The number of carbonyl (C=O) groups is 1. The van der Waals surface area contributed by atoms with Gasteiger partial charge in [-0.1, -0.05) is 40.6 Å². The average molecular weight is 314 g/mol. The molecular weight excluding hydrogens is 305 g/mol. The number of hydrogen-bond acceptors (Lipinski definition) is 4. The van der Waals surface area contributed by atoms with Gasteiger partial charge in [-0.3, -0.25) is 4.79 Å². The summed E-state index contributed by atoms with van der Waals surface area (Å²) in [5, 5.41) is 11.8. The van der Waals surface area contributed by atoms with E-state index in [0.29, 0.717) is 15.2 Å². The van der Waals surface area contributed by atoms with Gasteiger partial charge in [0.1, 0.15) is 5.51 Å². The summed E-state index contributed by atoms with van der Waals surface area (Å²) in [6, 6.07) is 5.50. The van der Waals surface area contributed by atoms with Crippen LogP contribution < -0.4 is 5.32 Å². The monoisotopic (exact) mass is 313 g/mol. The topological polar surface area (TPSA) is 54.9 Å². The minimum Gasteiger partial charge on any atom is -0.300 e. The summed E-state index contributed by atoms with van der Waals surface area (Å²) >= 11 is 13.2. The Labute approximate surface area is 123 Å². The number of amides is 1. The van der Waals surface area contributed by atoms with Gasteiger partial charge in [0.05, 0.1) is 10.0 Å². The van der Waals surface area contributed by atoms with Crippen LogP contribution in [0.25, 0.3) is 0 Å². The maximum Gasteiger partial charge on any atom is 0.229 e. The van der Waals surface area contributed by atoms with Gasteiger partial charge in [0.15, 0.2) is 0 Å². The predicted molar refractivity (Wildman–Crippen MR) is 75.8 cm³/mol. The van der Waals surface area contributed by atoms with Gasteiger partial charge >= 0.3 is 0 Å². The molecule has 98 valence electrons. The van der Waals surface area contributed by atoms with E-state index < -0.39 is 0 Å². The van der Waals surface area contributed by atoms with Gasteiger partial charge < -0.3 is 5.32 Å². The fraction of sp³-hybridized carbons (Fsp3) is 0.250. The molecule has 2 atom stereocenters. The van der Waals surface area contributed by atoms with E-state index in [4.69, 9.17) is 23.2 Å². The summed E-state index contributed by atoms with van der Waals surface area (Å²) < 4.78 is 0. The molecule has 1 aromatic heterocycles. The summed E-state index contributed by atoms with van der Waals surface area (Å²) in [6.07, 6.45) is 0.822. The fourth-order valence-electron chi connectivity index (χ4n) is 2.02. The number of nitrogens with one attached hydrogen (secondary N) is 1. The third-order valence-corrected chi connectivity index (χ3v) is 4.43. The second-order valence-corrected chi connectivity index (χ2v) is 6.00. The number of rotatable bonds is 3. The zero-order chi connectivity index (χ0) is 13.4. The lowest BCUT2D eigenvalue weighted by atomic mass is 10.1. The van der Waals surface area contributed by atoms with E-state index in [2.05, 4.69) is 15.5 Å². The standard InChI is InChI=1S/C12H9Cl2N3OS/c13-9-2-1-6(3-10(9)14)7-4-8(7)11(18)16-12-17-15-5-19-12/h1-3,5,7-8H,4H2,(H,16,17,18). The van der Waals surface area contributed by atoms with Crippen LogP contribution in [0.3, 0.4) is 0 Å². The maximum absolute atomic E-state index is 12.0. The Morgan fingerprint density at radius 2 is 2.21 bits per heavy atom. The number of aromatic nitrogens is 2. The van der Waals surface area contributed by atoms with E-state index in [-0.39, 0.29) is 17.7 Å². The van der Waals surface area contributed by atoms with Gasteiger partial charge in [-0.05, 0) is 30.0 Å². The number of hydrogen-bond donors (Lipinski definition) is 1. The highest BCUT2D eigenvalue weighted by Crippen LogP contribution is 2.48. The van der Waals surface area contributed by atoms with Crippen molar-refractivity contribution in [2.45, 2.75) is 12.3 Å². The Kier molecular flexibility index (Phi) is 3.43. The first kappa shape index (κ1) is 12.8. The van der Waals surface area contributed by atoms with Crippen molar-refractivity contribution in [3.05, 3.63) is 39.3 Å². The van der Waals surface area contributed by atoms with Gasteiger partial charge in [0, 0.05) is 5.92 Å². The van der Waals surface area contributed by atoms with E-state index in [1.54, 1.807) is 11.6 Å². The lowest BCUT2D eigenvalue weighted by molar-refractivity contribution is -0.117. The van der Waals surface area contributed by atoms with Crippen molar-refractivity contribution in [1.82, 2.24) is 10.2 Å². The molecule has 0 radical (unpaired) electrons. The third-order valence-electron chi connectivity index (χ3n) is 3.09. The molecule has 2 unspecified atom stereocenters. The molecule has 0 saturated heterocycles. The molecule has 19 heavy (non-hydrogen) atoms. The van der Waals surface area contributed by atoms with Gasteiger partial charge in [-0.15, -0.1) is 10.2 Å². The quantitative estimate of drug-likeness (QED) is 0.942. The summed E-state index contributed by atoms with van der Waals surface area (Å²) in [4.78, 5) is 12.0. The lowest BCUT2D eigenvalue weighted by Gasteiger charge is -2.03. The Morgan fingerprint density at radius 1 is 1.37 bits per heavy atom. The zero-order valence-electron chi connectivity index (χ0n) is 9.64. The second-order valence-electron chi connectivity index (χ2n) is 4.36. The molecule has 1 amide bonds. The Bertz CT molecular complexity index is 617. The van der Waals surface area contributed by atoms with Crippen molar-refractivity contribution in [1.29, 1.82) is 0 Å². The molecule has 1 heterocycles. The molecule has 1 N–H and O–H groups in total.